The van der Waals surface area contributed by atoms with Crippen molar-refractivity contribution in [2.75, 3.05) is 5.32 Å². The third-order valence-corrected chi connectivity index (χ3v) is 3.93. The molecular formula is C19H17N5O. The summed E-state index contributed by atoms with van der Waals surface area (Å²) >= 11 is 0. The summed E-state index contributed by atoms with van der Waals surface area (Å²) in [7, 11) is 0. The molecule has 2 heterocycles. The summed E-state index contributed by atoms with van der Waals surface area (Å²) in [6.07, 6.45) is 3.42. The lowest BCUT2D eigenvalue weighted by atomic mass is 10.2. The third kappa shape index (κ3) is 3.28. The Hall–Kier alpha value is -3.41. The van der Waals surface area contributed by atoms with Gasteiger partial charge in [-0.3, -0.25) is 4.68 Å². The second kappa shape index (κ2) is 6.24. The molecule has 2 aromatic heterocycles. The molecule has 6 nitrogen and oxygen atoms in total. The number of rotatable bonds is 4. The number of nitrogens with zero attached hydrogens (tertiary/aromatic N) is 4. The minimum atomic E-state index is 0.246. The zero-order valence-electron chi connectivity index (χ0n) is 13.7. The molecule has 0 spiro atoms. The highest BCUT2D eigenvalue weighted by molar-refractivity contribution is 5.87. The van der Waals surface area contributed by atoms with Crippen LogP contribution in [0.15, 0.2) is 61.1 Å². The van der Waals surface area contributed by atoms with Gasteiger partial charge < -0.3 is 10.4 Å². The topological polar surface area (TPSA) is 75.9 Å². The standard InChI is InChI=1S/C19H17N5O/c1-13-5-7-15(8-6-13)22-18-17-11-24(23-19(17)21-12-20-18)10-14-3-2-4-16(25)9-14/h2-9,11-12,25H,10H2,1H3,(H,20,21,22,23). The first-order chi connectivity index (χ1) is 12.2. The van der Waals surface area contributed by atoms with Crippen molar-refractivity contribution in [3.8, 4) is 5.75 Å². The number of hydrogen-bond acceptors (Lipinski definition) is 5. The maximum atomic E-state index is 9.60. The lowest BCUT2D eigenvalue weighted by Crippen LogP contribution is -1.99. The van der Waals surface area contributed by atoms with Gasteiger partial charge in [0.05, 0.1) is 11.9 Å². The van der Waals surface area contributed by atoms with Gasteiger partial charge >= 0.3 is 0 Å². The predicted molar refractivity (Wildman–Crippen MR) is 97.0 cm³/mol. The molecule has 0 radical (unpaired) electrons. The van der Waals surface area contributed by atoms with E-state index < -0.39 is 0 Å². The van der Waals surface area contributed by atoms with Gasteiger partial charge in [0.25, 0.3) is 0 Å². The summed E-state index contributed by atoms with van der Waals surface area (Å²) in [6.45, 7) is 2.60. The van der Waals surface area contributed by atoms with Gasteiger partial charge in [0.1, 0.15) is 17.9 Å². The van der Waals surface area contributed by atoms with Gasteiger partial charge in [-0.05, 0) is 36.8 Å². The summed E-state index contributed by atoms with van der Waals surface area (Å²) < 4.78 is 1.80. The minimum Gasteiger partial charge on any atom is -0.508 e. The summed E-state index contributed by atoms with van der Waals surface area (Å²) in [5.41, 5.74) is 3.77. The van der Waals surface area contributed by atoms with E-state index in [9.17, 15) is 5.11 Å². The highest BCUT2D eigenvalue weighted by Crippen LogP contribution is 2.23. The Morgan fingerprint density at radius 3 is 2.72 bits per heavy atom. The van der Waals surface area contributed by atoms with Crippen LogP contribution in [-0.2, 0) is 6.54 Å². The quantitative estimate of drug-likeness (QED) is 0.597. The summed E-state index contributed by atoms with van der Waals surface area (Å²) in [6, 6.07) is 15.3. The molecule has 2 N–H and O–H groups in total. The number of benzene rings is 2. The molecule has 0 saturated carbocycles. The van der Waals surface area contributed by atoms with E-state index in [1.54, 1.807) is 16.8 Å². The monoisotopic (exact) mass is 331 g/mol. The molecule has 4 aromatic rings. The SMILES string of the molecule is Cc1ccc(Nc2ncnc3nn(Cc4cccc(O)c4)cc23)cc1. The average Bonchev–Trinajstić information content (AvgIpc) is 3.00. The first-order valence-corrected chi connectivity index (χ1v) is 7.97. The number of phenolic OH excluding ortho intramolecular Hbond substituents is 1. The van der Waals surface area contributed by atoms with Gasteiger partial charge in [0, 0.05) is 11.9 Å². The number of aromatic nitrogens is 4. The number of aromatic hydroxyl groups is 1. The molecule has 0 aliphatic rings. The summed E-state index contributed by atoms with van der Waals surface area (Å²) in [5.74, 6) is 0.965. The number of hydrogen-bond donors (Lipinski definition) is 2. The van der Waals surface area contributed by atoms with E-state index in [1.165, 1.54) is 11.9 Å². The normalized spacial score (nSPS) is 10.9. The van der Waals surface area contributed by atoms with Crippen molar-refractivity contribution < 1.29 is 5.11 Å². The molecule has 0 aliphatic heterocycles. The van der Waals surface area contributed by atoms with E-state index in [0.29, 0.717) is 12.2 Å². The molecule has 0 saturated heterocycles. The van der Waals surface area contributed by atoms with Crippen LogP contribution < -0.4 is 5.32 Å². The molecule has 0 aliphatic carbocycles. The van der Waals surface area contributed by atoms with Crippen LogP contribution in [0.3, 0.4) is 0 Å². The molecule has 124 valence electrons. The van der Waals surface area contributed by atoms with E-state index in [2.05, 4.69) is 27.3 Å². The minimum absolute atomic E-state index is 0.246. The van der Waals surface area contributed by atoms with E-state index in [-0.39, 0.29) is 5.75 Å². The molecule has 2 aromatic carbocycles. The van der Waals surface area contributed by atoms with Crippen LogP contribution in [0.25, 0.3) is 11.0 Å². The molecule has 0 atom stereocenters. The molecule has 6 heteroatoms. The Kier molecular flexibility index (Phi) is 3.78. The van der Waals surface area contributed by atoms with Crippen molar-refractivity contribution in [3.63, 3.8) is 0 Å². The van der Waals surface area contributed by atoms with Gasteiger partial charge in [0.2, 0.25) is 0 Å². The van der Waals surface area contributed by atoms with Gasteiger partial charge in [-0.2, -0.15) is 5.10 Å². The highest BCUT2D eigenvalue weighted by Gasteiger charge is 2.09. The maximum absolute atomic E-state index is 9.60. The largest absolute Gasteiger partial charge is 0.508 e. The van der Waals surface area contributed by atoms with E-state index >= 15 is 0 Å². The Morgan fingerprint density at radius 2 is 1.92 bits per heavy atom. The highest BCUT2D eigenvalue weighted by atomic mass is 16.3. The van der Waals surface area contributed by atoms with Crippen LogP contribution >= 0.6 is 0 Å². The van der Waals surface area contributed by atoms with Gasteiger partial charge in [0.15, 0.2) is 5.65 Å². The fourth-order valence-electron chi connectivity index (χ4n) is 2.68. The Balaban J connectivity index is 1.65. The Morgan fingerprint density at radius 1 is 1.08 bits per heavy atom. The second-order valence-corrected chi connectivity index (χ2v) is 5.95. The molecule has 25 heavy (non-hydrogen) atoms. The van der Waals surface area contributed by atoms with Crippen LogP contribution in [0, 0.1) is 6.92 Å². The van der Waals surface area contributed by atoms with E-state index in [4.69, 9.17) is 0 Å². The van der Waals surface area contributed by atoms with Gasteiger partial charge in [-0.15, -0.1) is 0 Å². The van der Waals surface area contributed by atoms with Crippen molar-refractivity contribution in [1.82, 2.24) is 19.7 Å². The zero-order chi connectivity index (χ0) is 17.2. The zero-order valence-corrected chi connectivity index (χ0v) is 13.7. The van der Waals surface area contributed by atoms with Crippen molar-refractivity contribution in [2.24, 2.45) is 0 Å². The average molecular weight is 331 g/mol. The lowest BCUT2D eigenvalue weighted by molar-refractivity contribution is 0.474. The lowest BCUT2D eigenvalue weighted by Gasteiger charge is -2.06. The van der Waals surface area contributed by atoms with Gasteiger partial charge in [-0.1, -0.05) is 29.8 Å². The van der Waals surface area contributed by atoms with Crippen LogP contribution in [0.2, 0.25) is 0 Å². The number of anilines is 2. The van der Waals surface area contributed by atoms with Crippen molar-refractivity contribution >= 4 is 22.5 Å². The first kappa shape index (κ1) is 15.1. The number of aryl methyl sites for hydroxylation is 1. The van der Waals surface area contributed by atoms with Gasteiger partial charge in [-0.25, -0.2) is 9.97 Å². The van der Waals surface area contributed by atoms with Crippen LogP contribution in [0.5, 0.6) is 5.75 Å². The molecule has 4 rings (SSSR count). The number of fused-ring (bicyclic) bond motifs is 1. The number of nitrogens with one attached hydrogen (secondary N) is 1. The van der Waals surface area contributed by atoms with Crippen LogP contribution in [0.4, 0.5) is 11.5 Å². The Labute approximate surface area is 144 Å². The molecule has 0 amide bonds. The smallest absolute Gasteiger partial charge is 0.186 e. The molecular weight excluding hydrogens is 314 g/mol. The van der Waals surface area contributed by atoms with Crippen LogP contribution in [-0.4, -0.2) is 24.9 Å². The van der Waals surface area contributed by atoms with Crippen molar-refractivity contribution in [2.45, 2.75) is 13.5 Å². The van der Waals surface area contributed by atoms with E-state index in [0.717, 1.165) is 22.5 Å². The molecule has 0 unspecified atom stereocenters. The fraction of sp³-hybridized carbons (Fsp3) is 0.105. The van der Waals surface area contributed by atoms with Crippen molar-refractivity contribution in [1.29, 1.82) is 0 Å². The number of phenols is 1. The maximum Gasteiger partial charge on any atom is 0.186 e. The second-order valence-electron chi connectivity index (χ2n) is 5.95. The summed E-state index contributed by atoms with van der Waals surface area (Å²) in [4.78, 5) is 8.59. The Bertz CT molecular complexity index is 1020. The third-order valence-electron chi connectivity index (χ3n) is 3.93. The molecule has 0 bridgehead atoms. The fourth-order valence-corrected chi connectivity index (χ4v) is 2.68. The van der Waals surface area contributed by atoms with Crippen molar-refractivity contribution in [3.05, 3.63) is 72.2 Å². The first-order valence-electron chi connectivity index (χ1n) is 7.97. The predicted octanol–water partition coefficient (Wildman–Crippen LogP) is 3.63. The molecule has 0 fully saturated rings. The van der Waals surface area contributed by atoms with E-state index in [1.807, 2.05) is 42.6 Å². The van der Waals surface area contributed by atoms with Crippen LogP contribution in [0.1, 0.15) is 11.1 Å². The summed E-state index contributed by atoms with van der Waals surface area (Å²) in [5, 5.41) is 18.3.